The van der Waals surface area contributed by atoms with E-state index in [2.05, 4.69) is 20.3 Å². The normalized spacial score (nSPS) is 10.6. The highest BCUT2D eigenvalue weighted by molar-refractivity contribution is 6.05. The van der Waals surface area contributed by atoms with Crippen LogP contribution in [0.5, 0.6) is 0 Å². The van der Waals surface area contributed by atoms with Gasteiger partial charge in [0.25, 0.3) is 5.91 Å². The average Bonchev–Trinajstić information content (AvgIpc) is 3.16. The number of nitrogens with zero attached hydrogens (tertiary/aromatic N) is 2. The Bertz CT molecular complexity index is 1170. The quantitative estimate of drug-likeness (QED) is 0.533. The number of carbonyl (C=O) groups excluding carboxylic acids is 2. The summed E-state index contributed by atoms with van der Waals surface area (Å²) in [4.78, 5) is 36.2. The van der Waals surface area contributed by atoms with Crippen LogP contribution < -0.4 is 5.32 Å². The second-order valence-electron chi connectivity index (χ2n) is 6.01. The van der Waals surface area contributed by atoms with E-state index in [0.717, 1.165) is 5.56 Å². The second-order valence-corrected chi connectivity index (χ2v) is 6.01. The molecule has 0 spiro atoms. The van der Waals surface area contributed by atoms with Gasteiger partial charge in [-0.25, -0.2) is 14.8 Å². The summed E-state index contributed by atoms with van der Waals surface area (Å²) >= 11 is 0. The van der Waals surface area contributed by atoms with Crippen LogP contribution in [-0.4, -0.2) is 33.9 Å². The number of rotatable bonds is 4. The van der Waals surface area contributed by atoms with E-state index >= 15 is 0 Å². The number of benzene rings is 2. The van der Waals surface area contributed by atoms with Crippen LogP contribution in [0, 0.1) is 0 Å². The topological polar surface area (TPSA) is 97.0 Å². The van der Waals surface area contributed by atoms with E-state index in [-0.39, 0.29) is 11.6 Å². The Kier molecular flexibility index (Phi) is 4.55. The Morgan fingerprint density at radius 2 is 1.71 bits per heavy atom. The minimum Gasteiger partial charge on any atom is -0.465 e. The Labute approximate surface area is 160 Å². The van der Waals surface area contributed by atoms with Gasteiger partial charge in [0.1, 0.15) is 11.2 Å². The number of nitrogens with one attached hydrogen (secondary N) is 2. The summed E-state index contributed by atoms with van der Waals surface area (Å²) in [6.45, 7) is 0. The number of H-pyrrole nitrogens is 1. The number of fused-ring (bicyclic) bond motifs is 1. The molecule has 2 aromatic heterocycles. The lowest BCUT2D eigenvalue weighted by atomic mass is 10.1. The van der Waals surface area contributed by atoms with Crippen molar-refractivity contribution in [2.45, 2.75) is 0 Å². The van der Waals surface area contributed by atoms with Crippen LogP contribution >= 0.6 is 0 Å². The lowest BCUT2D eigenvalue weighted by Crippen LogP contribution is -2.14. The molecule has 2 heterocycles. The molecule has 0 saturated carbocycles. The molecule has 138 valence electrons. The van der Waals surface area contributed by atoms with Crippen LogP contribution in [0.2, 0.25) is 0 Å². The molecule has 0 fully saturated rings. The van der Waals surface area contributed by atoms with Crippen molar-refractivity contribution < 1.29 is 14.3 Å². The summed E-state index contributed by atoms with van der Waals surface area (Å²) < 4.78 is 4.77. The fourth-order valence-corrected chi connectivity index (χ4v) is 2.87. The number of para-hydroxylation sites is 1. The van der Waals surface area contributed by atoms with Crippen LogP contribution in [0.15, 0.2) is 66.7 Å². The molecule has 0 aliphatic rings. The van der Waals surface area contributed by atoms with E-state index in [0.29, 0.717) is 22.3 Å². The Morgan fingerprint density at radius 3 is 2.50 bits per heavy atom. The maximum absolute atomic E-state index is 12.6. The van der Waals surface area contributed by atoms with Crippen LogP contribution in [0.25, 0.3) is 22.3 Å². The molecular formula is C21H16N4O3. The zero-order valence-electron chi connectivity index (χ0n) is 15.0. The first-order valence-electron chi connectivity index (χ1n) is 8.56. The van der Waals surface area contributed by atoms with E-state index in [1.807, 2.05) is 36.4 Å². The predicted octanol–water partition coefficient (Wildman–Crippen LogP) is 3.66. The van der Waals surface area contributed by atoms with Crippen molar-refractivity contribution >= 4 is 28.9 Å². The number of hydrogen-bond donors (Lipinski definition) is 2. The number of methoxy groups -OCH3 is 1. The lowest BCUT2D eigenvalue weighted by Gasteiger charge is -2.04. The number of carbonyl (C=O) groups is 2. The SMILES string of the molecule is COC(=O)c1cccc2[nH]c(NC(=O)c3cccc(-c4ccccc4)n3)nc12. The Balaban J connectivity index is 1.61. The third-order valence-electron chi connectivity index (χ3n) is 4.20. The van der Waals surface area contributed by atoms with Gasteiger partial charge in [0.15, 0.2) is 0 Å². The lowest BCUT2D eigenvalue weighted by molar-refractivity contribution is 0.0602. The molecule has 7 heteroatoms. The highest BCUT2D eigenvalue weighted by Crippen LogP contribution is 2.20. The molecule has 0 atom stereocenters. The fraction of sp³-hybridized carbons (Fsp3) is 0.0476. The number of imidazole rings is 1. The van der Waals surface area contributed by atoms with Crippen molar-refractivity contribution in [3.05, 3.63) is 78.0 Å². The molecule has 0 aliphatic heterocycles. The van der Waals surface area contributed by atoms with E-state index in [1.54, 1.807) is 30.3 Å². The van der Waals surface area contributed by atoms with E-state index in [9.17, 15) is 9.59 Å². The van der Waals surface area contributed by atoms with E-state index in [4.69, 9.17) is 4.74 Å². The van der Waals surface area contributed by atoms with Crippen molar-refractivity contribution in [1.82, 2.24) is 15.0 Å². The molecule has 0 bridgehead atoms. The summed E-state index contributed by atoms with van der Waals surface area (Å²) in [7, 11) is 1.31. The molecule has 0 saturated heterocycles. The summed E-state index contributed by atoms with van der Waals surface area (Å²) in [5.74, 6) is -0.674. The van der Waals surface area contributed by atoms with Crippen molar-refractivity contribution in [3.63, 3.8) is 0 Å². The molecular weight excluding hydrogens is 356 g/mol. The smallest absolute Gasteiger partial charge is 0.340 e. The number of aromatic amines is 1. The molecule has 0 radical (unpaired) electrons. The van der Waals surface area contributed by atoms with Gasteiger partial charge in [-0.3, -0.25) is 10.1 Å². The van der Waals surface area contributed by atoms with Gasteiger partial charge in [0.05, 0.1) is 23.9 Å². The Hall–Kier alpha value is -4.00. The second kappa shape index (κ2) is 7.32. The fourth-order valence-electron chi connectivity index (χ4n) is 2.87. The standard InChI is InChI=1S/C21H16N4O3/c1-28-20(27)14-9-5-11-16-18(14)24-21(23-16)25-19(26)17-12-6-10-15(22-17)13-7-3-2-4-8-13/h2-12H,1H3,(H2,23,24,25,26). The molecule has 28 heavy (non-hydrogen) atoms. The number of hydrogen-bond acceptors (Lipinski definition) is 5. The Morgan fingerprint density at radius 1 is 0.929 bits per heavy atom. The predicted molar refractivity (Wildman–Crippen MR) is 105 cm³/mol. The molecule has 0 aliphatic carbocycles. The van der Waals surface area contributed by atoms with Crippen LogP contribution in [0.3, 0.4) is 0 Å². The largest absolute Gasteiger partial charge is 0.465 e. The summed E-state index contributed by atoms with van der Waals surface area (Å²) in [5, 5.41) is 2.69. The molecule has 4 rings (SSSR count). The number of anilines is 1. The maximum atomic E-state index is 12.6. The highest BCUT2D eigenvalue weighted by Gasteiger charge is 2.16. The number of ether oxygens (including phenoxy) is 1. The van der Waals surface area contributed by atoms with E-state index in [1.165, 1.54) is 7.11 Å². The zero-order valence-corrected chi connectivity index (χ0v) is 15.0. The third-order valence-corrected chi connectivity index (χ3v) is 4.20. The van der Waals surface area contributed by atoms with Crippen molar-refractivity contribution in [2.75, 3.05) is 12.4 Å². The summed E-state index contributed by atoms with van der Waals surface area (Å²) in [6.07, 6.45) is 0. The summed E-state index contributed by atoms with van der Waals surface area (Å²) in [6, 6.07) is 19.9. The van der Waals surface area contributed by atoms with Gasteiger partial charge >= 0.3 is 5.97 Å². The first-order chi connectivity index (χ1) is 13.7. The number of esters is 1. The number of aromatic nitrogens is 3. The van der Waals surface area contributed by atoms with Crippen molar-refractivity contribution in [3.8, 4) is 11.3 Å². The molecule has 2 aromatic carbocycles. The van der Waals surface area contributed by atoms with Gasteiger partial charge in [-0.1, -0.05) is 42.5 Å². The zero-order chi connectivity index (χ0) is 19.5. The van der Waals surface area contributed by atoms with Gasteiger partial charge in [0.2, 0.25) is 5.95 Å². The molecule has 4 aromatic rings. The van der Waals surface area contributed by atoms with Crippen LogP contribution in [-0.2, 0) is 4.74 Å². The molecule has 2 N–H and O–H groups in total. The van der Waals surface area contributed by atoms with E-state index < -0.39 is 11.9 Å². The number of amides is 1. The number of pyridine rings is 1. The van der Waals surface area contributed by atoms with Crippen LogP contribution in [0.1, 0.15) is 20.8 Å². The minimum absolute atomic E-state index is 0.225. The van der Waals surface area contributed by atoms with Gasteiger partial charge in [-0.05, 0) is 24.3 Å². The van der Waals surface area contributed by atoms with Gasteiger partial charge in [-0.15, -0.1) is 0 Å². The monoisotopic (exact) mass is 372 g/mol. The first-order valence-corrected chi connectivity index (χ1v) is 8.56. The van der Waals surface area contributed by atoms with Crippen LogP contribution in [0.4, 0.5) is 5.95 Å². The highest BCUT2D eigenvalue weighted by atomic mass is 16.5. The average molecular weight is 372 g/mol. The molecule has 0 unspecified atom stereocenters. The minimum atomic E-state index is -0.493. The van der Waals surface area contributed by atoms with Gasteiger partial charge in [-0.2, -0.15) is 0 Å². The third kappa shape index (κ3) is 3.33. The first kappa shape index (κ1) is 17.4. The molecule has 1 amide bonds. The maximum Gasteiger partial charge on any atom is 0.340 e. The summed E-state index contributed by atoms with van der Waals surface area (Å²) in [5.41, 5.74) is 3.24. The van der Waals surface area contributed by atoms with Crippen molar-refractivity contribution in [1.29, 1.82) is 0 Å². The van der Waals surface area contributed by atoms with Gasteiger partial charge in [0, 0.05) is 5.56 Å². The van der Waals surface area contributed by atoms with Gasteiger partial charge < -0.3 is 9.72 Å². The molecule has 7 nitrogen and oxygen atoms in total. The van der Waals surface area contributed by atoms with Crippen molar-refractivity contribution in [2.24, 2.45) is 0 Å².